The smallest absolute Gasteiger partial charge is 0.229 e. The van der Waals surface area contributed by atoms with Gasteiger partial charge in [-0.3, -0.25) is 4.79 Å². The van der Waals surface area contributed by atoms with Gasteiger partial charge in [0.1, 0.15) is 41.1 Å². The lowest BCUT2D eigenvalue weighted by Crippen LogP contribution is -2.60. The van der Waals surface area contributed by atoms with Gasteiger partial charge in [-0.15, -0.1) is 0 Å². The highest BCUT2D eigenvalue weighted by Crippen LogP contribution is 2.42. The van der Waals surface area contributed by atoms with Crippen molar-refractivity contribution in [1.82, 2.24) is 0 Å². The molecule has 1 aromatic heterocycles. The van der Waals surface area contributed by atoms with E-state index in [1.54, 1.807) is 0 Å². The van der Waals surface area contributed by atoms with E-state index in [4.69, 9.17) is 23.4 Å². The van der Waals surface area contributed by atoms with Gasteiger partial charge in [-0.1, -0.05) is 0 Å². The molecule has 1 saturated heterocycles. The molecule has 0 unspecified atom stereocenters. The zero-order valence-electron chi connectivity index (χ0n) is 18.6. The Labute approximate surface area is 197 Å². The van der Waals surface area contributed by atoms with Crippen LogP contribution in [-0.2, 0) is 4.74 Å². The van der Waals surface area contributed by atoms with Crippen molar-refractivity contribution in [3.05, 3.63) is 40.6 Å². The van der Waals surface area contributed by atoms with Gasteiger partial charge in [-0.25, -0.2) is 0 Å². The van der Waals surface area contributed by atoms with E-state index in [0.717, 1.165) is 6.07 Å². The van der Waals surface area contributed by atoms with Crippen LogP contribution < -0.4 is 19.6 Å². The number of aliphatic hydroxyl groups excluding tert-OH is 4. The van der Waals surface area contributed by atoms with Crippen molar-refractivity contribution in [3.63, 3.8) is 0 Å². The van der Waals surface area contributed by atoms with E-state index in [9.17, 15) is 35.4 Å². The Balaban J connectivity index is 1.67. The largest absolute Gasteiger partial charge is 0.504 e. The first kappa shape index (κ1) is 24.6. The van der Waals surface area contributed by atoms with E-state index in [2.05, 4.69) is 0 Å². The number of phenolic OH excluding ortho intramolecular Hbond substituents is 2. The number of hydrogen-bond acceptors (Lipinski definition) is 12. The van der Waals surface area contributed by atoms with Crippen LogP contribution in [0.25, 0.3) is 22.3 Å². The summed E-state index contributed by atoms with van der Waals surface area (Å²) in [5, 5.41) is 60.0. The van der Waals surface area contributed by atoms with Crippen molar-refractivity contribution in [2.75, 3.05) is 20.8 Å². The number of aliphatic hydroxyl groups is 4. The maximum atomic E-state index is 12.7. The molecule has 0 spiro atoms. The number of benzene rings is 2. The third kappa shape index (κ3) is 4.33. The van der Waals surface area contributed by atoms with Gasteiger partial charge in [-0.2, -0.15) is 0 Å². The maximum absolute atomic E-state index is 12.7. The van der Waals surface area contributed by atoms with Crippen LogP contribution >= 0.6 is 0 Å². The van der Waals surface area contributed by atoms with Gasteiger partial charge >= 0.3 is 0 Å². The molecule has 1 aliphatic rings. The highest BCUT2D eigenvalue weighted by molar-refractivity contribution is 5.89. The Hall–Kier alpha value is -3.55. The number of methoxy groups -OCH3 is 2. The topological polar surface area (TPSA) is 189 Å². The van der Waals surface area contributed by atoms with E-state index in [-0.39, 0.29) is 39.5 Å². The molecule has 35 heavy (non-hydrogen) atoms. The van der Waals surface area contributed by atoms with E-state index >= 15 is 0 Å². The fourth-order valence-electron chi connectivity index (χ4n) is 3.81. The quantitative estimate of drug-likeness (QED) is 0.272. The molecule has 2 heterocycles. The summed E-state index contributed by atoms with van der Waals surface area (Å²) in [5.41, 5.74) is -0.276. The predicted molar refractivity (Wildman–Crippen MR) is 119 cm³/mol. The van der Waals surface area contributed by atoms with E-state index in [1.807, 2.05) is 0 Å². The Morgan fingerprint density at radius 1 is 0.943 bits per heavy atom. The predicted octanol–water partition coefficient (Wildman–Crippen LogP) is 0.0671. The molecule has 12 heteroatoms. The highest BCUT2D eigenvalue weighted by atomic mass is 16.7. The summed E-state index contributed by atoms with van der Waals surface area (Å²) < 4.78 is 26.8. The summed E-state index contributed by atoms with van der Waals surface area (Å²) in [6.07, 6.45) is -7.54. The summed E-state index contributed by atoms with van der Waals surface area (Å²) in [6.45, 7) is -0.636. The van der Waals surface area contributed by atoms with Crippen molar-refractivity contribution < 1.29 is 54.0 Å². The minimum absolute atomic E-state index is 0.0174. The van der Waals surface area contributed by atoms with Crippen LogP contribution in [0.4, 0.5) is 0 Å². The van der Waals surface area contributed by atoms with E-state index < -0.39 is 54.2 Å². The SMILES string of the molecule is COc1cc2oc(-c3ccc(O[C@@H]4O[C@H](CO)[C@@H](O)[C@H](O)[C@H]4O)c(O)c3)cc(=O)c2c(O)c1OC. The number of aromatic hydroxyl groups is 2. The third-order valence-electron chi connectivity index (χ3n) is 5.67. The average molecular weight is 492 g/mol. The molecule has 2 aromatic carbocycles. The summed E-state index contributed by atoms with van der Waals surface area (Å²) in [4.78, 5) is 12.7. The summed E-state index contributed by atoms with van der Waals surface area (Å²) in [6, 6.07) is 6.49. The molecule has 3 aromatic rings. The molecular weight excluding hydrogens is 468 g/mol. The lowest BCUT2D eigenvalue weighted by molar-refractivity contribution is -0.277. The molecule has 188 valence electrons. The highest BCUT2D eigenvalue weighted by Gasteiger charge is 2.44. The normalized spacial score (nSPS) is 24.3. The second-order valence-corrected chi connectivity index (χ2v) is 7.81. The minimum atomic E-state index is -1.66. The second-order valence-electron chi connectivity index (χ2n) is 7.81. The van der Waals surface area contributed by atoms with Gasteiger partial charge < -0.3 is 54.0 Å². The summed E-state index contributed by atoms with van der Waals surface area (Å²) in [7, 11) is 2.67. The van der Waals surface area contributed by atoms with Crippen molar-refractivity contribution in [2.24, 2.45) is 0 Å². The lowest BCUT2D eigenvalue weighted by atomic mass is 9.99. The molecule has 12 nitrogen and oxygen atoms in total. The van der Waals surface area contributed by atoms with Crippen LogP contribution in [0.1, 0.15) is 0 Å². The van der Waals surface area contributed by atoms with Gasteiger partial charge in [0, 0.05) is 17.7 Å². The van der Waals surface area contributed by atoms with Crippen LogP contribution in [0.15, 0.2) is 39.5 Å². The second kappa shape index (κ2) is 9.60. The van der Waals surface area contributed by atoms with E-state index in [1.165, 1.54) is 38.5 Å². The molecule has 1 aliphatic heterocycles. The van der Waals surface area contributed by atoms with Gasteiger partial charge in [-0.05, 0) is 18.2 Å². The van der Waals surface area contributed by atoms with Crippen molar-refractivity contribution in [1.29, 1.82) is 0 Å². The molecule has 0 amide bonds. The van der Waals surface area contributed by atoms with Gasteiger partial charge in [0.2, 0.25) is 12.0 Å². The molecular formula is C23H24O12. The number of phenols is 2. The van der Waals surface area contributed by atoms with Crippen molar-refractivity contribution >= 4 is 11.0 Å². The van der Waals surface area contributed by atoms with Gasteiger partial charge in [0.25, 0.3) is 0 Å². The van der Waals surface area contributed by atoms with Crippen molar-refractivity contribution in [3.8, 4) is 40.1 Å². The first-order chi connectivity index (χ1) is 16.7. The molecule has 0 saturated carbocycles. The Morgan fingerprint density at radius 2 is 1.69 bits per heavy atom. The third-order valence-corrected chi connectivity index (χ3v) is 5.67. The fourth-order valence-corrected chi connectivity index (χ4v) is 3.81. The summed E-state index contributed by atoms with van der Waals surface area (Å²) >= 11 is 0. The van der Waals surface area contributed by atoms with Crippen LogP contribution in [0.3, 0.4) is 0 Å². The zero-order chi connectivity index (χ0) is 25.4. The Bertz CT molecular complexity index is 1280. The molecule has 0 aliphatic carbocycles. The van der Waals surface area contributed by atoms with Gasteiger partial charge in [0.15, 0.2) is 28.4 Å². The first-order valence-corrected chi connectivity index (χ1v) is 10.4. The number of rotatable bonds is 6. The molecule has 0 bridgehead atoms. The van der Waals surface area contributed by atoms with Crippen LogP contribution in [-0.4, -0.2) is 82.2 Å². The van der Waals surface area contributed by atoms with Crippen LogP contribution in [0.5, 0.6) is 28.7 Å². The molecule has 0 radical (unpaired) electrons. The van der Waals surface area contributed by atoms with Crippen LogP contribution in [0, 0.1) is 0 Å². The monoisotopic (exact) mass is 492 g/mol. The Morgan fingerprint density at radius 3 is 2.31 bits per heavy atom. The van der Waals surface area contributed by atoms with Crippen molar-refractivity contribution in [2.45, 2.75) is 30.7 Å². The first-order valence-electron chi connectivity index (χ1n) is 10.4. The minimum Gasteiger partial charge on any atom is -0.504 e. The zero-order valence-corrected chi connectivity index (χ0v) is 18.6. The fraction of sp³-hybridized carbons (Fsp3) is 0.348. The lowest BCUT2D eigenvalue weighted by Gasteiger charge is -2.39. The number of ether oxygens (including phenoxy) is 4. The molecule has 1 fully saturated rings. The maximum Gasteiger partial charge on any atom is 0.229 e. The standard InChI is InChI=1S/C23H24O12/c1-31-15-7-14-17(19(28)22(15)32-2)11(26)6-13(33-14)9-3-4-12(10(25)5-9)34-23-21(30)20(29)18(27)16(8-24)35-23/h3-7,16,18,20-21,23-25,27-30H,8H2,1-2H3/t16-,18-,20+,21-,23-/m1/s1. The molecule has 6 N–H and O–H groups in total. The number of fused-ring (bicyclic) bond motifs is 1. The van der Waals surface area contributed by atoms with Gasteiger partial charge in [0.05, 0.1) is 20.8 Å². The average Bonchev–Trinajstić information content (AvgIpc) is 2.84. The molecule has 5 atom stereocenters. The van der Waals surface area contributed by atoms with Crippen LogP contribution in [0.2, 0.25) is 0 Å². The van der Waals surface area contributed by atoms with E-state index in [0.29, 0.717) is 0 Å². The Kier molecular flexibility index (Phi) is 6.74. The molecule has 4 rings (SSSR count). The summed E-state index contributed by atoms with van der Waals surface area (Å²) in [5.74, 6) is -0.823. The number of hydrogen-bond donors (Lipinski definition) is 6.